The van der Waals surface area contributed by atoms with E-state index in [0.717, 1.165) is 39.8 Å². The van der Waals surface area contributed by atoms with Crippen molar-refractivity contribution < 1.29 is 4.79 Å². The summed E-state index contributed by atoms with van der Waals surface area (Å²) in [6.45, 7) is 11.4. The Balaban J connectivity index is 1.45. The Labute approximate surface area is 223 Å². The van der Waals surface area contributed by atoms with Crippen LogP contribution in [-0.2, 0) is 13.1 Å². The van der Waals surface area contributed by atoms with Crippen molar-refractivity contribution >= 4 is 16.8 Å². The number of pyridine rings is 1. The Morgan fingerprint density at radius 1 is 1.03 bits per heavy atom. The molecule has 1 saturated heterocycles. The number of hydrogen-bond donors (Lipinski definition) is 2. The van der Waals surface area contributed by atoms with Gasteiger partial charge >= 0.3 is 0 Å². The summed E-state index contributed by atoms with van der Waals surface area (Å²) in [5, 5.41) is 8.36. The summed E-state index contributed by atoms with van der Waals surface area (Å²) in [4.78, 5) is 31.3. The average Bonchev–Trinajstić information content (AvgIpc) is 3.33. The fourth-order valence-electron chi connectivity index (χ4n) is 5.45. The maximum absolute atomic E-state index is 13.5. The smallest absolute Gasteiger partial charge is 0.253 e. The predicted octanol–water partition coefficient (Wildman–Crippen LogP) is 5.51. The van der Waals surface area contributed by atoms with E-state index in [1.807, 2.05) is 30.7 Å². The number of rotatable bonds is 7. The molecule has 4 aromatic rings. The van der Waals surface area contributed by atoms with Crippen LogP contribution >= 0.6 is 0 Å². The van der Waals surface area contributed by atoms with E-state index in [-0.39, 0.29) is 24.1 Å². The minimum atomic E-state index is -0.221. The maximum Gasteiger partial charge on any atom is 0.253 e. The predicted molar refractivity (Wildman–Crippen MR) is 152 cm³/mol. The number of amides is 1. The third-order valence-corrected chi connectivity index (χ3v) is 7.51. The van der Waals surface area contributed by atoms with Gasteiger partial charge < -0.3 is 10.3 Å². The highest BCUT2D eigenvalue weighted by Crippen LogP contribution is 2.30. The van der Waals surface area contributed by atoms with Crippen LogP contribution in [0, 0.1) is 13.8 Å². The first kappa shape index (κ1) is 25.9. The summed E-state index contributed by atoms with van der Waals surface area (Å²) in [6, 6.07) is 14.8. The second-order valence-corrected chi connectivity index (χ2v) is 10.8. The molecule has 38 heavy (non-hydrogen) atoms. The number of nitrogens with zero attached hydrogens (tertiary/aromatic N) is 3. The van der Waals surface area contributed by atoms with E-state index < -0.39 is 0 Å². The summed E-state index contributed by atoms with van der Waals surface area (Å²) in [6.07, 6.45) is 5.66. The van der Waals surface area contributed by atoms with Crippen molar-refractivity contribution in [1.82, 2.24) is 25.0 Å². The van der Waals surface area contributed by atoms with E-state index in [0.29, 0.717) is 11.1 Å². The Morgan fingerprint density at radius 2 is 1.76 bits per heavy atom. The van der Waals surface area contributed by atoms with E-state index in [2.05, 4.69) is 64.5 Å². The third-order valence-electron chi connectivity index (χ3n) is 7.51. The maximum atomic E-state index is 13.5. The molecule has 198 valence electrons. The number of likely N-dealkylation sites (tertiary alicyclic amines) is 1. The summed E-state index contributed by atoms with van der Waals surface area (Å²) in [5.74, 6) is -0.221. The van der Waals surface area contributed by atoms with E-state index in [9.17, 15) is 9.59 Å². The highest BCUT2D eigenvalue weighted by atomic mass is 16.1. The van der Waals surface area contributed by atoms with Crippen LogP contribution in [0.2, 0.25) is 0 Å². The molecule has 1 amide bonds. The van der Waals surface area contributed by atoms with Gasteiger partial charge in [0.05, 0.1) is 17.3 Å². The zero-order chi connectivity index (χ0) is 26.8. The number of carbonyl (C=O) groups is 1. The van der Waals surface area contributed by atoms with Gasteiger partial charge in [0.25, 0.3) is 11.5 Å². The number of nitrogens with one attached hydrogen (secondary N) is 2. The van der Waals surface area contributed by atoms with Gasteiger partial charge in [0, 0.05) is 35.8 Å². The molecule has 7 nitrogen and oxygen atoms in total. The third kappa shape index (κ3) is 5.43. The zero-order valence-electron chi connectivity index (χ0n) is 22.8. The molecular formula is C31H37N5O2. The Kier molecular flexibility index (Phi) is 7.47. The van der Waals surface area contributed by atoms with Crippen LogP contribution in [0.4, 0.5) is 0 Å². The summed E-state index contributed by atoms with van der Waals surface area (Å²) >= 11 is 0. The molecular weight excluding hydrogens is 474 g/mol. The summed E-state index contributed by atoms with van der Waals surface area (Å²) < 4.78 is 1.95. The molecule has 1 aliphatic heterocycles. The number of piperidine rings is 1. The Morgan fingerprint density at radius 3 is 2.45 bits per heavy atom. The number of aromatic nitrogens is 3. The molecule has 0 aliphatic carbocycles. The van der Waals surface area contributed by atoms with Crippen LogP contribution in [0.25, 0.3) is 22.0 Å². The van der Waals surface area contributed by atoms with Crippen LogP contribution in [0.15, 0.2) is 53.5 Å². The first-order valence-electron chi connectivity index (χ1n) is 13.6. The van der Waals surface area contributed by atoms with Gasteiger partial charge in [-0.25, -0.2) is 0 Å². The van der Waals surface area contributed by atoms with Gasteiger partial charge in [0.1, 0.15) is 0 Å². The molecule has 3 heterocycles. The quantitative estimate of drug-likeness (QED) is 0.343. The molecule has 2 aromatic carbocycles. The van der Waals surface area contributed by atoms with Crippen LogP contribution < -0.4 is 10.9 Å². The lowest BCUT2D eigenvalue weighted by Gasteiger charge is -2.26. The van der Waals surface area contributed by atoms with Crippen LogP contribution in [0.5, 0.6) is 0 Å². The Hall–Kier alpha value is -3.71. The number of carbonyl (C=O) groups excluding carboxylic acids is 1. The number of hydrogen-bond acceptors (Lipinski definition) is 4. The van der Waals surface area contributed by atoms with Crippen molar-refractivity contribution in [1.29, 1.82) is 0 Å². The second kappa shape index (κ2) is 11.0. The second-order valence-electron chi connectivity index (χ2n) is 10.8. The van der Waals surface area contributed by atoms with E-state index >= 15 is 0 Å². The molecule has 1 aliphatic rings. The molecule has 0 saturated carbocycles. The minimum Gasteiger partial charge on any atom is -0.348 e. The van der Waals surface area contributed by atoms with Crippen molar-refractivity contribution in [2.75, 3.05) is 13.1 Å². The van der Waals surface area contributed by atoms with Crippen molar-refractivity contribution in [3.05, 3.63) is 87.0 Å². The minimum absolute atomic E-state index is 0.152. The summed E-state index contributed by atoms with van der Waals surface area (Å²) in [7, 11) is 0. The number of benzene rings is 2. The van der Waals surface area contributed by atoms with Gasteiger partial charge in [-0.05, 0) is 94.1 Å². The number of aromatic amines is 1. The highest BCUT2D eigenvalue weighted by molar-refractivity contribution is 6.08. The SMILES string of the molecule is Cc1cc(C)c(CNC(=O)c2cc(-c3ccc(CN4CCCCC4)cc3)cc3c2cnn3C(C)C)c(=O)[nH]1. The van der Waals surface area contributed by atoms with E-state index in [1.54, 1.807) is 6.20 Å². The topological polar surface area (TPSA) is 83.0 Å². The molecule has 0 spiro atoms. The molecule has 2 N–H and O–H groups in total. The molecule has 0 radical (unpaired) electrons. The van der Waals surface area contributed by atoms with Crippen molar-refractivity contribution in [3.8, 4) is 11.1 Å². The van der Waals surface area contributed by atoms with Gasteiger partial charge in [-0.3, -0.25) is 19.2 Å². The van der Waals surface area contributed by atoms with Crippen molar-refractivity contribution in [3.63, 3.8) is 0 Å². The van der Waals surface area contributed by atoms with Crippen molar-refractivity contribution in [2.24, 2.45) is 0 Å². The zero-order valence-corrected chi connectivity index (χ0v) is 22.8. The largest absolute Gasteiger partial charge is 0.348 e. The number of H-pyrrole nitrogens is 1. The van der Waals surface area contributed by atoms with Gasteiger partial charge in [-0.2, -0.15) is 5.10 Å². The van der Waals surface area contributed by atoms with Crippen molar-refractivity contribution in [2.45, 2.75) is 66.1 Å². The average molecular weight is 512 g/mol. The lowest BCUT2D eigenvalue weighted by atomic mass is 9.98. The Bertz CT molecular complexity index is 1510. The molecule has 0 bridgehead atoms. The first-order valence-corrected chi connectivity index (χ1v) is 13.6. The first-order chi connectivity index (χ1) is 18.3. The number of fused-ring (bicyclic) bond motifs is 1. The van der Waals surface area contributed by atoms with Gasteiger partial charge in [0.2, 0.25) is 0 Å². The monoisotopic (exact) mass is 511 g/mol. The normalized spacial score (nSPS) is 14.3. The summed E-state index contributed by atoms with van der Waals surface area (Å²) in [5.41, 5.74) is 6.89. The molecule has 7 heteroatoms. The number of aryl methyl sites for hydroxylation is 2. The van der Waals surface area contributed by atoms with Crippen LogP contribution in [0.3, 0.4) is 0 Å². The highest BCUT2D eigenvalue weighted by Gasteiger charge is 2.18. The lowest BCUT2D eigenvalue weighted by molar-refractivity contribution is 0.0952. The molecule has 0 unspecified atom stereocenters. The van der Waals surface area contributed by atoms with E-state index in [1.165, 1.54) is 37.9 Å². The van der Waals surface area contributed by atoms with Gasteiger partial charge in [-0.1, -0.05) is 30.7 Å². The van der Waals surface area contributed by atoms with E-state index in [4.69, 9.17) is 0 Å². The molecule has 1 fully saturated rings. The lowest BCUT2D eigenvalue weighted by Crippen LogP contribution is -2.29. The van der Waals surface area contributed by atoms with Crippen LogP contribution in [0.1, 0.15) is 71.9 Å². The standard InChI is InChI=1S/C31H37N5O2/c1-20(2)36-29-16-25(24-10-8-23(9-11-24)19-35-12-6-5-7-13-35)15-26(28(29)18-33-36)30(37)32-17-27-21(3)14-22(4)34-31(27)38/h8-11,14-16,18,20H,5-7,12-13,17,19H2,1-4H3,(H,32,37)(H,34,38). The van der Waals surface area contributed by atoms with Gasteiger partial charge in [0.15, 0.2) is 0 Å². The fraction of sp³-hybridized carbons (Fsp3) is 0.387. The van der Waals surface area contributed by atoms with Gasteiger partial charge in [-0.15, -0.1) is 0 Å². The fourth-order valence-corrected chi connectivity index (χ4v) is 5.45. The molecule has 0 atom stereocenters. The van der Waals surface area contributed by atoms with Crippen LogP contribution in [-0.4, -0.2) is 38.7 Å². The molecule has 2 aromatic heterocycles. The molecule has 5 rings (SSSR count).